The van der Waals surface area contributed by atoms with Gasteiger partial charge in [-0.2, -0.15) is 13.2 Å². The molecule has 0 spiro atoms. The Bertz CT molecular complexity index is 389. The molecule has 0 heterocycles. The lowest BCUT2D eigenvalue weighted by molar-refractivity contribution is -0.174. The molecule has 0 aliphatic rings. The number of ether oxygens (including phenoxy) is 1. The van der Waals surface area contributed by atoms with Crippen LogP contribution in [0, 0.1) is 5.82 Å². The van der Waals surface area contributed by atoms with E-state index in [2.05, 4.69) is 5.32 Å². The lowest BCUT2D eigenvalue weighted by Gasteiger charge is -2.20. The third-order valence-electron chi connectivity index (χ3n) is 2.70. The summed E-state index contributed by atoms with van der Waals surface area (Å²) in [5, 5.41) is 3.15. The fourth-order valence-electron chi connectivity index (χ4n) is 1.70. The molecule has 6 heteroatoms. The van der Waals surface area contributed by atoms with Crippen LogP contribution in [0.5, 0.6) is 0 Å². The van der Waals surface area contributed by atoms with Crippen molar-refractivity contribution in [2.75, 3.05) is 19.8 Å². The normalized spacial score (nSPS) is 13.8. The topological polar surface area (TPSA) is 21.3 Å². The van der Waals surface area contributed by atoms with E-state index in [-0.39, 0.29) is 24.4 Å². The summed E-state index contributed by atoms with van der Waals surface area (Å²) < 4.78 is 53.9. The summed E-state index contributed by atoms with van der Waals surface area (Å²) in [6.07, 6.45) is -4.33. The highest BCUT2D eigenvalue weighted by Gasteiger charge is 2.28. The van der Waals surface area contributed by atoms with Crippen molar-refractivity contribution in [2.45, 2.75) is 32.0 Å². The summed E-state index contributed by atoms with van der Waals surface area (Å²) in [5.41, 5.74) is 0.752. The maximum Gasteiger partial charge on any atom is 0.411 e. The predicted octanol–water partition coefficient (Wildman–Crippen LogP) is 3.49. The van der Waals surface area contributed by atoms with Crippen LogP contribution in [0.15, 0.2) is 24.3 Å². The Morgan fingerprint density at radius 1 is 1.15 bits per heavy atom. The minimum atomic E-state index is -4.33. The molecular formula is C14H19F4NO. The van der Waals surface area contributed by atoms with Gasteiger partial charge in [-0.3, -0.25) is 0 Å². The minimum Gasteiger partial charge on any atom is -0.371 e. The Labute approximate surface area is 116 Å². The molecule has 0 fully saturated rings. The first-order valence-electron chi connectivity index (χ1n) is 6.41. The average Bonchev–Trinajstić information content (AvgIpc) is 2.33. The van der Waals surface area contributed by atoms with Crippen LogP contribution in [-0.4, -0.2) is 32.0 Å². The van der Waals surface area contributed by atoms with Crippen LogP contribution in [0.25, 0.3) is 0 Å². The van der Waals surface area contributed by atoms with Gasteiger partial charge in [-0.1, -0.05) is 26.0 Å². The molecule has 1 aromatic carbocycles. The quantitative estimate of drug-likeness (QED) is 0.777. The van der Waals surface area contributed by atoms with Gasteiger partial charge in [0.1, 0.15) is 12.4 Å². The summed E-state index contributed by atoms with van der Waals surface area (Å²) >= 11 is 0. The maximum absolute atomic E-state index is 12.9. The maximum atomic E-state index is 12.9. The van der Waals surface area contributed by atoms with Gasteiger partial charge in [0, 0.05) is 18.5 Å². The van der Waals surface area contributed by atoms with E-state index in [0.29, 0.717) is 6.54 Å². The highest BCUT2D eigenvalue weighted by molar-refractivity contribution is 5.21. The molecule has 0 saturated carbocycles. The van der Waals surface area contributed by atoms with Crippen molar-refractivity contribution in [1.29, 1.82) is 0 Å². The highest BCUT2D eigenvalue weighted by atomic mass is 19.4. The summed E-state index contributed by atoms with van der Waals surface area (Å²) in [7, 11) is 0. The molecule has 114 valence electrons. The van der Waals surface area contributed by atoms with E-state index in [1.807, 2.05) is 13.8 Å². The predicted molar refractivity (Wildman–Crippen MR) is 69.2 cm³/mol. The zero-order valence-electron chi connectivity index (χ0n) is 11.5. The molecule has 0 saturated heterocycles. The molecule has 20 heavy (non-hydrogen) atoms. The van der Waals surface area contributed by atoms with Gasteiger partial charge in [-0.25, -0.2) is 4.39 Å². The van der Waals surface area contributed by atoms with Crippen LogP contribution in [0.1, 0.15) is 25.3 Å². The fraction of sp³-hybridized carbons (Fsp3) is 0.571. The van der Waals surface area contributed by atoms with Gasteiger partial charge >= 0.3 is 6.18 Å². The molecule has 1 atom stereocenters. The van der Waals surface area contributed by atoms with Crippen LogP contribution in [0.4, 0.5) is 17.6 Å². The molecule has 2 nitrogen and oxygen atoms in total. The first kappa shape index (κ1) is 16.9. The van der Waals surface area contributed by atoms with E-state index >= 15 is 0 Å². The van der Waals surface area contributed by atoms with Gasteiger partial charge in [0.2, 0.25) is 0 Å². The standard InChI is InChI=1S/C14H19F4NO/c1-10(2)19-7-12(8-20-9-14(16,17)18)11-3-5-13(15)6-4-11/h3-6,10,12,19H,7-9H2,1-2H3. The Morgan fingerprint density at radius 3 is 2.25 bits per heavy atom. The molecule has 0 aliphatic heterocycles. The molecule has 1 N–H and O–H groups in total. The molecule has 0 amide bonds. The van der Waals surface area contributed by atoms with Gasteiger partial charge in [0.05, 0.1) is 6.61 Å². The first-order valence-corrected chi connectivity index (χ1v) is 6.41. The SMILES string of the molecule is CC(C)NCC(COCC(F)(F)F)c1ccc(F)cc1. The number of benzene rings is 1. The largest absolute Gasteiger partial charge is 0.411 e. The van der Waals surface area contributed by atoms with Crippen molar-refractivity contribution in [3.63, 3.8) is 0 Å². The van der Waals surface area contributed by atoms with Gasteiger partial charge < -0.3 is 10.1 Å². The molecule has 1 unspecified atom stereocenters. The van der Waals surface area contributed by atoms with Crippen molar-refractivity contribution < 1.29 is 22.3 Å². The van der Waals surface area contributed by atoms with Crippen LogP contribution >= 0.6 is 0 Å². The number of hydrogen-bond acceptors (Lipinski definition) is 2. The fourth-order valence-corrected chi connectivity index (χ4v) is 1.70. The zero-order chi connectivity index (χ0) is 15.2. The third-order valence-corrected chi connectivity index (χ3v) is 2.70. The molecule has 0 bridgehead atoms. The smallest absolute Gasteiger partial charge is 0.371 e. The Kier molecular flexibility index (Phi) is 6.42. The lowest BCUT2D eigenvalue weighted by Crippen LogP contribution is -2.31. The second-order valence-electron chi connectivity index (χ2n) is 4.94. The van der Waals surface area contributed by atoms with Gasteiger partial charge in [-0.15, -0.1) is 0 Å². The van der Waals surface area contributed by atoms with Crippen molar-refractivity contribution >= 4 is 0 Å². The van der Waals surface area contributed by atoms with E-state index in [0.717, 1.165) is 5.56 Å². The Balaban J connectivity index is 2.62. The van der Waals surface area contributed by atoms with E-state index in [9.17, 15) is 17.6 Å². The average molecular weight is 293 g/mol. The van der Waals surface area contributed by atoms with E-state index in [1.165, 1.54) is 12.1 Å². The number of hydrogen-bond donors (Lipinski definition) is 1. The van der Waals surface area contributed by atoms with Crippen LogP contribution < -0.4 is 5.32 Å². The van der Waals surface area contributed by atoms with E-state index < -0.39 is 12.8 Å². The Morgan fingerprint density at radius 2 is 1.75 bits per heavy atom. The molecule has 0 radical (unpaired) electrons. The first-order chi connectivity index (χ1) is 9.28. The van der Waals surface area contributed by atoms with Gasteiger partial charge in [-0.05, 0) is 17.7 Å². The van der Waals surface area contributed by atoms with Gasteiger partial charge in [0.25, 0.3) is 0 Å². The molecular weight excluding hydrogens is 274 g/mol. The molecule has 1 rings (SSSR count). The van der Waals surface area contributed by atoms with E-state index in [1.54, 1.807) is 12.1 Å². The van der Waals surface area contributed by atoms with E-state index in [4.69, 9.17) is 4.74 Å². The van der Waals surface area contributed by atoms with Gasteiger partial charge in [0.15, 0.2) is 0 Å². The van der Waals surface area contributed by atoms with Crippen LogP contribution in [0.3, 0.4) is 0 Å². The van der Waals surface area contributed by atoms with Crippen molar-refractivity contribution in [3.8, 4) is 0 Å². The van der Waals surface area contributed by atoms with Crippen LogP contribution in [0.2, 0.25) is 0 Å². The summed E-state index contributed by atoms with van der Waals surface area (Å²) in [5.74, 6) is -0.624. The summed E-state index contributed by atoms with van der Waals surface area (Å²) in [6, 6.07) is 5.93. The van der Waals surface area contributed by atoms with Crippen molar-refractivity contribution in [2.24, 2.45) is 0 Å². The highest BCUT2D eigenvalue weighted by Crippen LogP contribution is 2.19. The van der Waals surface area contributed by atoms with Crippen molar-refractivity contribution in [1.82, 2.24) is 5.32 Å². The number of rotatable bonds is 7. The number of nitrogens with one attached hydrogen (secondary N) is 1. The van der Waals surface area contributed by atoms with Crippen molar-refractivity contribution in [3.05, 3.63) is 35.6 Å². The molecule has 0 aliphatic carbocycles. The van der Waals surface area contributed by atoms with Crippen LogP contribution in [-0.2, 0) is 4.74 Å². The summed E-state index contributed by atoms with van der Waals surface area (Å²) in [6.45, 7) is 3.02. The summed E-state index contributed by atoms with van der Waals surface area (Å²) in [4.78, 5) is 0. The Hall–Kier alpha value is -1.14. The second-order valence-corrected chi connectivity index (χ2v) is 4.94. The number of alkyl halides is 3. The monoisotopic (exact) mass is 293 g/mol. The zero-order valence-corrected chi connectivity index (χ0v) is 11.5. The molecule has 0 aromatic heterocycles. The third kappa shape index (κ3) is 6.86. The number of halogens is 4. The minimum absolute atomic E-state index is 0.0646. The lowest BCUT2D eigenvalue weighted by atomic mass is 9.99. The molecule has 1 aromatic rings. The second kappa shape index (κ2) is 7.59.